The van der Waals surface area contributed by atoms with Gasteiger partial charge in [-0.05, 0) is 37.8 Å². The highest BCUT2D eigenvalue weighted by Crippen LogP contribution is 2.05. The molecular weight excluding hydrogens is 238 g/mol. The van der Waals surface area contributed by atoms with Gasteiger partial charge in [0, 0.05) is 26.3 Å². The molecule has 0 saturated heterocycles. The maximum absolute atomic E-state index is 11.8. The highest BCUT2D eigenvalue weighted by molar-refractivity contribution is 5.91. The van der Waals surface area contributed by atoms with Crippen molar-refractivity contribution in [2.45, 2.75) is 26.2 Å². The fourth-order valence-corrected chi connectivity index (χ4v) is 1.72. The Morgan fingerprint density at radius 1 is 1.21 bits per heavy atom. The molecule has 0 aliphatic heterocycles. The molecule has 0 bridgehead atoms. The minimum atomic E-state index is 0.0181. The summed E-state index contributed by atoms with van der Waals surface area (Å²) in [5.74, 6) is 0.0181. The average molecular weight is 261 g/mol. The van der Waals surface area contributed by atoms with Gasteiger partial charge in [-0.2, -0.15) is 0 Å². The van der Waals surface area contributed by atoms with E-state index < -0.39 is 0 Å². The lowest BCUT2D eigenvalue weighted by Crippen LogP contribution is -2.25. The molecule has 0 spiro atoms. The van der Waals surface area contributed by atoms with Crippen LogP contribution < -0.4 is 0 Å². The van der Waals surface area contributed by atoms with E-state index in [0.29, 0.717) is 0 Å². The van der Waals surface area contributed by atoms with E-state index in [1.165, 1.54) is 5.56 Å². The van der Waals surface area contributed by atoms with E-state index >= 15 is 0 Å². The van der Waals surface area contributed by atoms with Crippen LogP contribution in [0.25, 0.3) is 6.08 Å². The van der Waals surface area contributed by atoms with Crippen molar-refractivity contribution in [2.75, 3.05) is 20.2 Å². The Kier molecular flexibility index (Phi) is 6.90. The number of hydrogen-bond donors (Lipinski definition) is 1. The van der Waals surface area contributed by atoms with E-state index in [2.05, 4.69) is 0 Å². The van der Waals surface area contributed by atoms with Crippen molar-refractivity contribution in [1.29, 1.82) is 0 Å². The van der Waals surface area contributed by atoms with Gasteiger partial charge in [0.2, 0.25) is 5.91 Å². The second-order valence-electron chi connectivity index (χ2n) is 4.79. The van der Waals surface area contributed by atoms with E-state index in [1.54, 1.807) is 18.0 Å². The van der Waals surface area contributed by atoms with Gasteiger partial charge in [-0.15, -0.1) is 0 Å². The summed E-state index contributed by atoms with van der Waals surface area (Å²) in [5, 5.41) is 8.68. The molecule has 0 radical (unpaired) electrons. The first-order valence-electron chi connectivity index (χ1n) is 6.74. The lowest BCUT2D eigenvalue weighted by atomic mass is 10.1. The molecule has 1 N–H and O–H groups in total. The number of carbonyl (C=O) groups excluding carboxylic acids is 1. The van der Waals surface area contributed by atoms with Crippen LogP contribution in [0.2, 0.25) is 0 Å². The maximum Gasteiger partial charge on any atom is 0.246 e. The van der Waals surface area contributed by atoms with Crippen LogP contribution in [-0.2, 0) is 4.79 Å². The second-order valence-corrected chi connectivity index (χ2v) is 4.79. The van der Waals surface area contributed by atoms with Crippen molar-refractivity contribution in [3.8, 4) is 0 Å². The first kappa shape index (κ1) is 15.4. The van der Waals surface area contributed by atoms with Gasteiger partial charge in [0.1, 0.15) is 0 Å². The van der Waals surface area contributed by atoms with Crippen molar-refractivity contribution >= 4 is 12.0 Å². The number of rotatable bonds is 7. The number of aliphatic hydroxyl groups is 1. The van der Waals surface area contributed by atoms with Crippen molar-refractivity contribution in [3.63, 3.8) is 0 Å². The molecule has 0 atom stereocenters. The van der Waals surface area contributed by atoms with Gasteiger partial charge in [-0.3, -0.25) is 4.79 Å². The number of unbranched alkanes of at least 4 members (excludes halogenated alkanes) is 2. The summed E-state index contributed by atoms with van der Waals surface area (Å²) in [6.45, 7) is 3.00. The summed E-state index contributed by atoms with van der Waals surface area (Å²) in [6, 6.07) is 8.06. The van der Waals surface area contributed by atoms with E-state index in [-0.39, 0.29) is 12.5 Å². The molecule has 3 nitrogen and oxygen atoms in total. The smallest absolute Gasteiger partial charge is 0.246 e. The summed E-state index contributed by atoms with van der Waals surface area (Å²) in [4.78, 5) is 13.5. The molecule has 1 aromatic carbocycles. The van der Waals surface area contributed by atoms with Crippen molar-refractivity contribution in [3.05, 3.63) is 41.5 Å². The largest absolute Gasteiger partial charge is 0.396 e. The third kappa shape index (κ3) is 6.20. The molecule has 0 aliphatic carbocycles. The van der Waals surface area contributed by atoms with Crippen LogP contribution in [-0.4, -0.2) is 36.1 Å². The number of carbonyl (C=O) groups is 1. The highest BCUT2D eigenvalue weighted by Gasteiger charge is 2.03. The first-order chi connectivity index (χ1) is 9.13. The Bertz CT molecular complexity index is 409. The zero-order valence-corrected chi connectivity index (χ0v) is 11.8. The Morgan fingerprint density at radius 2 is 1.89 bits per heavy atom. The fourth-order valence-electron chi connectivity index (χ4n) is 1.72. The number of hydrogen-bond acceptors (Lipinski definition) is 2. The Hall–Kier alpha value is -1.61. The topological polar surface area (TPSA) is 40.5 Å². The summed E-state index contributed by atoms with van der Waals surface area (Å²) in [5.41, 5.74) is 2.25. The number of benzene rings is 1. The van der Waals surface area contributed by atoms with Crippen molar-refractivity contribution < 1.29 is 9.90 Å². The molecule has 1 rings (SSSR count). The van der Waals surface area contributed by atoms with Crippen LogP contribution in [0, 0.1) is 6.92 Å². The number of likely N-dealkylation sites (N-methyl/N-ethyl adjacent to an activating group) is 1. The summed E-state index contributed by atoms with van der Waals surface area (Å²) in [7, 11) is 1.81. The van der Waals surface area contributed by atoms with E-state index in [0.717, 1.165) is 31.4 Å². The van der Waals surface area contributed by atoms with Crippen LogP contribution in [0.4, 0.5) is 0 Å². The van der Waals surface area contributed by atoms with Crippen LogP contribution in [0.1, 0.15) is 30.4 Å². The number of nitrogens with zero attached hydrogens (tertiary/aromatic N) is 1. The zero-order valence-electron chi connectivity index (χ0n) is 11.8. The fraction of sp³-hybridized carbons (Fsp3) is 0.438. The van der Waals surface area contributed by atoms with Gasteiger partial charge in [-0.1, -0.05) is 29.8 Å². The van der Waals surface area contributed by atoms with Gasteiger partial charge in [0.05, 0.1) is 0 Å². The molecule has 0 heterocycles. The van der Waals surface area contributed by atoms with Crippen LogP contribution >= 0.6 is 0 Å². The third-order valence-corrected chi connectivity index (χ3v) is 3.02. The number of amides is 1. The van der Waals surface area contributed by atoms with E-state index in [1.807, 2.05) is 37.3 Å². The second kappa shape index (κ2) is 8.48. The lowest BCUT2D eigenvalue weighted by molar-refractivity contribution is -0.124. The molecule has 0 aromatic heterocycles. The maximum atomic E-state index is 11.8. The van der Waals surface area contributed by atoms with E-state index in [4.69, 9.17) is 5.11 Å². The third-order valence-electron chi connectivity index (χ3n) is 3.02. The van der Waals surface area contributed by atoms with Crippen LogP contribution in [0.3, 0.4) is 0 Å². The molecule has 0 saturated carbocycles. The zero-order chi connectivity index (χ0) is 14.1. The quantitative estimate of drug-likeness (QED) is 0.605. The summed E-state index contributed by atoms with van der Waals surface area (Å²) in [6.07, 6.45) is 6.14. The van der Waals surface area contributed by atoms with Crippen LogP contribution in [0.15, 0.2) is 30.3 Å². The molecule has 0 unspecified atom stereocenters. The van der Waals surface area contributed by atoms with Gasteiger partial charge >= 0.3 is 0 Å². The normalized spacial score (nSPS) is 10.9. The minimum Gasteiger partial charge on any atom is -0.396 e. The van der Waals surface area contributed by atoms with Crippen molar-refractivity contribution in [2.24, 2.45) is 0 Å². The van der Waals surface area contributed by atoms with E-state index in [9.17, 15) is 4.79 Å². The molecule has 0 fully saturated rings. The van der Waals surface area contributed by atoms with Crippen molar-refractivity contribution in [1.82, 2.24) is 4.90 Å². The molecule has 0 aliphatic rings. The van der Waals surface area contributed by atoms with Crippen LogP contribution in [0.5, 0.6) is 0 Å². The Labute approximate surface area is 115 Å². The standard InChI is InChI=1S/C16H23NO2/c1-14-6-8-15(9-7-14)10-11-16(19)17(2)12-4-3-5-13-18/h6-11,18H,3-5,12-13H2,1-2H3/b11-10+. The molecule has 1 amide bonds. The predicted molar refractivity (Wildman–Crippen MR) is 78.8 cm³/mol. The molecule has 3 heteroatoms. The average Bonchev–Trinajstić information content (AvgIpc) is 2.42. The van der Waals surface area contributed by atoms with Gasteiger partial charge in [0.25, 0.3) is 0 Å². The molecule has 104 valence electrons. The SMILES string of the molecule is Cc1ccc(/C=C/C(=O)N(C)CCCCCO)cc1. The Balaban J connectivity index is 2.38. The lowest BCUT2D eigenvalue weighted by Gasteiger charge is -2.14. The molecule has 19 heavy (non-hydrogen) atoms. The van der Waals surface area contributed by atoms with Gasteiger partial charge < -0.3 is 10.0 Å². The monoisotopic (exact) mass is 261 g/mol. The molecular formula is C16H23NO2. The minimum absolute atomic E-state index is 0.0181. The first-order valence-corrected chi connectivity index (χ1v) is 6.74. The molecule has 1 aromatic rings. The highest BCUT2D eigenvalue weighted by atomic mass is 16.2. The summed E-state index contributed by atoms with van der Waals surface area (Å²) < 4.78 is 0. The van der Waals surface area contributed by atoms with Gasteiger partial charge in [-0.25, -0.2) is 0 Å². The van der Waals surface area contributed by atoms with Gasteiger partial charge in [0.15, 0.2) is 0 Å². The Morgan fingerprint density at radius 3 is 2.53 bits per heavy atom. The predicted octanol–water partition coefficient (Wildman–Crippen LogP) is 2.63. The number of aliphatic hydroxyl groups excluding tert-OH is 1. The summed E-state index contributed by atoms with van der Waals surface area (Å²) >= 11 is 0. The number of aryl methyl sites for hydroxylation is 1.